The Balaban J connectivity index is 0.000000387. The van der Waals surface area contributed by atoms with E-state index in [1.165, 1.54) is 0 Å². The lowest BCUT2D eigenvalue weighted by molar-refractivity contribution is -0.385. The Morgan fingerprint density at radius 3 is 2.15 bits per heavy atom. The Morgan fingerprint density at radius 1 is 0.977 bits per heavy atom. The van der Waals surface area contributed by atoms with Crippen LogP contribution in [0.15, 0.2) is 78.9 Å². The number of sulfonamides is 1. The first-order valence-corrected chi connectivity index (χ1v) is 31.4. The number of hydrogen-bond acceptors (Lipinski definition) is 18. The van der Waals surface area contributed by atoms with Gasteiger partial charge in [0.25, 0.3) is 17.5 Å². The van der Waals surface area contributed by atoms with E-state index in [0.29, 0.717) is 49.2 Å². The highest BCUT2D eigenvalue weighted by atomic mass is 35.5. The van der Waals surface area contributed by atoms with Gasteiger partial charge in [0.05, 0.1) is 64.7 Å². The molecule has 35 heteroatoms. The van der Waals surface area contributed by atoms with Gasteiger partial charge in [0.15, 0.2) is 4.84 Å². The number of carbonyl (C=O) groups excluding carboxylic acids is 3. The molecule has 3 amide bonds. The molecule has 25 nitrogen and oxygen atoms in total. The topological polar surface area (TPSA) is 344 Å². The standard InChI is InChI=1S/C15H10ClF3N2O6S.C15H22ClNO2.C11H11Cl2NO2.C8H14ClN5.C3H8NO5P/c1-28(25,26)20-14(22)10-7-9(3-4-12(10)21(23)24)27-13-5-2-8(6-11(13)16)15(17,18)19;1-5-13-8-6-7-11(2)15(13)17(14(18)9-16)12(3)10-19-4;1-7-6-16-9-5-3-2-4-8(9)14(7)11(15)10(12)13;1-4-10-7-12-6(9)13-8(14-7)11-5(2)3;5-3(6)1-4-2-10(7,8)9/h2-7H,1H3,(H,20,22);6-8,12H,5,9-10H2,1-4H3;2-5,7,10H,6H2,1H3;5H,4H2,1-3H3,(H2,10,11,12,13,14);4H,1-2H2,(H,5,6)(H2,7,8,9). The molecule has 0 saturated heterocycles. The van der Waals surface area contributed by atoms with Crippen molar-refractivity contribution in [2.24, 2.45) is 0 Å². The molecule has 0 fully saturated rings. The lowest BCUT2D eigenvalue weighted by Crippen LogP contribution is -2.47. The molecule has 480 valence electrons. The van der Waals surface area contributed by atoms with Crippen molar-refractivity contribution in [1.29, 1.82) is 0 Å². The van der Waals surface area contributed by atoms with E-state index < -0.39 is 80.1 Å². The van der Waals surface area contributed by atoms with Crippen molar-refractivity contribution < 1.29 is 79.4 Å². The number of nitro benzene ring substituents is 1. The first-order valence-electron chi connectivity index (χ1n) is 25.5. The van der Waals surface area contributed by atoms with Crippen LogP contribution < -0.4 is 39.9 Å². The zero-order valence-electron chi connectivity index (χ0n) is 48.1. The summed E-state index contributed by atoms with van der Waals surface area (Å²) in [6, 6.07) is 18.7. The van der Waals surface area contributed by atoms with Gasteiger partial charge in [-0.3, -0.25) is 39.2 Å². The lowest BCUT2D eigenvalue weighted by Gasteiger charge is -2.35. The Hall–Kier alpha value is -6.37. The molecule has 5 aromatic rings. The highest BCUT2D eigenvalue weighted by molar-refractivity contribution is 7.89. The Morgan fingerprint density at radius 2 is 1.62 bits per heavy atom. The Kier molecular flexibility index (Phi) is 31.9. The van der Waals surface area contributed by atoms with Crippen LogP contribution in [-0.4, -0.2) is 142 Å². The number of carboxylic acids is 1. The van der Waals surface area contributed by atoms with Gasteiger partial charge in [-0.05, 0) is 107 Å². The fraction of sp³-hybridized carbons (Fsp3) is 0.404. The minimum absolute atomic E-state index is 0.0223. The molecule has 4 aromatic carbocycles. The summed E-state index contributed by atoms with van der Waals surface area (Å²) in [6.45, 7) is 15.2. The summed E-state index contributed by atoms with van der Waals surface area (Å²) in [5, 5.41) is 26.9. The van der Waals surface area contributed by atoms with Crippen LogP contribution >= 0.6 is 65.6 Å². The number of anilines is 4. The quantitative estimate of drug-likeness (QED) is 0.0165. The van der Waals surface area contributed by atoms with Crippen molar-refractivity contribution in [2.45, 2.75) is 84.0 Å². The lowest BCUT2D eigenvalue weighted by atomic mass is 10.0. The maximum atomic E-state index is 12.7. The van der Waals surface area contributed by atoms with Gasteiger partial charge in [0.2, 0.25) is 33.1 Å². The summed E-state index contributed by atoms with van der Waals surface area (Å²) in [6.07, 6.45) is -3.66. The predicted octanol–water partition coefficient (Wildman–Crippen LogP) is 10.1. The van der Waals surface area contributed by atoms with E-state index in [2.05, 4.69) is 43.9 Å². The van der Waals surface area contributed by atoms with Gasteiger partial charge in [-0.1, -0.05) is 72.1 Å². The molecule has 0 bridgehead atoms. The predicted molar refractivity (Wildman–Crippen MR) is 327 cm³/mol. The monoisotopic (exact) mass is 1360 g/mol. The highest BCUT2D eigenvalue weighted by Gasteiger charge is 2.33. The Bertz CT molecular complexity index is 3310. The van der Waals surface area contributed by atoms with Gasteiger partial charge in [0.1, 0.15) is 35.3 Å². The number of nitro groups is 1. The number of amides is 3. The fourth-order valence-electron chi connectivity index (χ4n) is 7.31. The minimum Gasteiger partial charge on any atom is -0.489 e. The average molecular weight is 1370 g/mol. The molecule has 0 saturated carbocycles. The van der Waals surface area contributed by atoms with Crippen LogP contribution in [0.2, 0.25) is 10.3 Å². The zero-order valence-corrected chi connectivity index (χ0v) is 53.6. The Labute approximate surface area is 524 Å². The number of methoxy groups -OCH3 is 1. The fourth-order valence-corrected chi connectivity index (χ4v) is 8.88. The van der Waals surface area contributed by atoms with E-state index in [4.69, 9.17) is 87.1 Å². The number of hydrogen-bond donors (Lipinski definition) is 7. The number of aryl methyl sites for hydroxylation is 2. The van der Waals surface area contributed by atoms with E-state index in [0.717, 1.165) is 59.7 Å². The number of benzene rings is 4. The number of halogens is 8. The van der Waals surface area contributed by atoms with E-state index in [1.807, 2.05) is 77.9 Å². The van der Waals surface area contributed by atoms with E-state index in [9.17, 15) is 55.4 Å². The van der Waals surface area contributed by atoms with Gasteiger partial charge < -0.3 is 49.5 Å². The van der Waals surface area contributed by atoms with Gasteiger partial charge in [-0.2, -0.15) is 28.1 Å². The molecule has 1 aromatic heterocycles. The highest BCUT2D eigenvalue weighted by Crippen LogP contribution is 2.38. The molecular weight excluding hydrogens is 1300 g/mol. The number of carboxylic acid groups (broad SMARTS) is 1. The molecule has 2 atom stereocenters. The van der Waals surface area contributed by atoms with Crippen LogP contribution in [0.5, 0.6) is 17.2 Å². The number of ether oxygens (including phenoxy) is 3. The van der Waals surface area contributed by atoms with Crippen molar-refractivity contribution in [3.05, 3.63) is 122 Å². The molecule has 1 aliphatic heterocycles. The van der Waals surface area contributed by atoms with Crippen molar-refractivity contribution in [1.82, 2.24) is 25.0 Å². The normalized spacial score (nSPS) is 13.0. The maximum Gasteiger partial charge on any atom is 0.416 e. The number of fused-ring (bicyclic) bond motifs is 1. The van der Waals surface area contributed by atoms with Crippen molar-refractivity contribution in [3.63, 3.8) is 0 Å². The summed E-state index contributed by atoms with van der Waals surface area (Å²) in [5.41, 5.74) is 1.59. The third kappa shape index (κ3) is 26.9. The van der Waals surface area contributed by atoms with E-state index in [-0.39, 0.29) is 52.6 Å². The molecule has 2 unspecified atom stereocenters. The van der Waals surface area contributed by atoms with Gasteiger partial charge in [-0.15, -0.1) is 11.6 Å². The molecule has 0 spiro atoms. The second-order valence-electron chi connectivity index (χ2n) is 18.4. The number of alkyl halides is 6. The van der Waals surface area contributed by atoms with Gasteiger partial charge >= 0.3 is 19.7 Å². The summed E-state index contributed by atoms with van der Waals surface area (Å²) in [7, 11) is -6.46. The SMILES string of the molecule is CC1COc2ccccc2N1C(=O)C(Cl)Cl.CCNc1nc(Cl)nc(NC(C)C)n1.CCc1cccc(C)c1N(C(=O)CCl)C(C)COC.CS(=O)(=O)NC(=O)c1cc(Oc2ccc(C(F)(F)F)cc2Cl)ccc1[N+](=O)[O-].O=C(O)CNCP(=O)(O)O. The van der Waals surface area contributed by atoms with E-state index in [1.54, 1.807) is 21.6 Å². The smallest absolute Gasteiger partial charge is 0.416 e. The number of nitrogens with zero attached hydrogens (tertiary/aromatic N) is 6. The molecule has 0 aliphatic carbocycles. The minimum atomic E-state index is -4.62. The second-order valence-corrected chi connectivity index (χ2v) is 23.9. The molecule has 0 radical (unpaired) electrons. The number of carbonyl (C=O) groups is 4. The van der Waals surface area contributed by atoms with Crippen LogP contribution in [0, 0.1) is 17.0 Å². The third-order valence-electron chi connectivity index (χ3n) is 10.8. The summed E-state index contributed by atoms with van der Waals surface area (Å²) in [5.74, 6) is -1.57. The second kappa shape index (κ2) is 36.2. The number of para-hydroxylation sites is 3. The maximum absolute atomic E-state index is 12.7. The van der Waals surface area contributed by atoms with E-state index >= 15 is 0 Å². The van der Waals surface area contributed by atoms with Crippen LogP contribution in [0.1, 0.15) is 68.6 Å². The molecule has 6 rings (SSSR count). The van der Waals surface area contributed by atoms with Crippen LogP contribution in [0.25, 0.3) is 0 Å². The van der Waals surface area contributed by atoms with Crippen LogP contribution in [-0.2, 0) is 46.3 Å². The summed E-state index contributed by atoms with van der Waals surface area (Å²) < 4.78 is 88.0. The third-order valence-corrected chi connectivity index (χ3v) is 13.0. The van der Waals surface area contributed by atoms with Crippen molar-refractivity contribution >= 4 is 128 Å². The number of aromatic nitrogens is 3. The molecule has 7 N–H and O–H groups in total. The number of rotatable bonds is 20. The summed E-state index contributed by atoms with van der Waals surface area (Å²) in [4.78, 5) is 86.7. The molecule has 2 heterocycles. The average Bonchev–Trinajstić information content (AvgIpc) is 2.10. The van der Waals surface area contributed by atoms with Gasteiger partial charge in [0, 0.05) is 31.8 Å². The molecule has 87 heavy (non-hydrogen) atoms. The first kappa shape index (κ1) is 76.7. The molecule has 1 aliphatic rings. The van der Waals surface area contributed by atoms with Crippen LogP contribution in [0.3, 0.4) is 0 Å². The van der Waals surface area contributed by atoms with Crippen molar-refractivity contribution in [2.75, 3.05) is 72.3 Å². The van der Waals surface area contributed by atoms with Gasteiger partial charge in [-0.25, -0.2) is 13.1 Å². The largest absolute Gasteiger partial charge is 0.489 e. The number of nitrogens with one attached hydrogen (secondary N) is 4. The first-order chi connectivity index (χ1) is 40.5. The van der Waals surface area contributed by atoms with Crippen molar-refractivity contribution in [3.8, 4) is 17.2 Å². The summed E-state index contributed by atoms with van der Waals surface area (Å²) >= 11 is 28.5. The number of aliphatic carboxylic acids is 1. The molecular formula is C52H65Cl5F3N10O15PS. The zero-order chi connectivity index (χ0) is 66.1. The van der Waals surface area contributed by atoms with Crippen LogP contribution in [0.4, 0.5) is 42.1 Å².